The SMILES string of the molecule is CN(C)Cc1cc[cH-]c1.N#CCCc1ccc[cH-]1.[Fe+2]. The van der Waals surface area contributed by atoms with Crippen LogP contribution in [-0.4, -0.2) is 19.0 Å². The van der Waals surface area contributed by atoms with Crippen LogP contribution in [0.3, 0.4) is 0 Å². The molecule has 0 amide bonds. The molecule has 2 rings (SSSR count). The van der Waals surface area contributed by atoms with Crippen LogP contribution in [0.4, 0.5) is 0 Å². The smallest absolute Gasteiger partial charge is 0.317 e. The third-order valence-electron chi connectivity index (χ3n) is 2.49. The second-order valence-corrected chi connectivity index (χ2v) is 4.48. The first-order valence-electron chi connectivity index (χ1n) is 6.15. The molecule has 0 unspecified atom stereocenters. The Morgan fingerprint density at radius 3 is 2.53 bits per heavy atom. The zero-order valence-electron chi connectivity index (χ0n) is 11.5. The molecule has 0 saturated heterocycles. The Labute approximate surface area is 126 Å². The van der Waals surface area contributed by atoms with Crippen LogP contribution in [0.1, 0.15) is 17.5 Å². The molecule has 19 heavy (non-hydrogen) atoms. The summed E-state index contributed by atoms with van der Waals surface area (Å²) in [5, 5.41) is 8.22. The number of hydrogen-bond acceptors (Lipinski definition) is 2. The van der Waals surface area contributed by atoms with Gasteiger partial charge >= 0.3 is 17.1 Å². The van der Waals surface area contributed by atoms with Gasteiger partial charge in [-0.2, -0.15) is 46.7 Å². The molecule has 0 radical (unpaired) electrons. The zero-order chi connectivity index (χ0) is 13.2. The van der Waals surface area contributed by atoms with Gasteiger partial charge in [0.05, 0.1) is 6.07 Å². The minimum absolute atomic E-state index is 0. The molecule has 0 aliphatic heterocycles. The Kier molecular flexibility index (Phi) is 9.84. The van der Waals surface area contributed by atoms with E-state index in [-0.39, 0.29) is 17.1 Å². The summed E-state index contributed by atoms with van der Waals surface area (Å²) < 4.78 is 0. The Morgan fingerprint density at radius 1 is 1.26 bits per heavy atom. The second kappa shape index (κ2) is 10.6. The van der Waals surface area contributed by atoms with Crippen molar-refractivity contribution in [2.24, 2.45) is 0 Å². The second-order valence-electron chi connectivity index (χ2n) is 4.48. The molecular weight excluding hydrogens is 276 g/mol. The summed E-state index contributed by atoms with van der Waals surface area (Å²) in [5.74, 6) is 0. The molecule has 0 bridgehead atoms. The van der Waals surface area contributed by atoms with Gasteiger partial charge in [-0.1, -0.05) is 0 Å². The van der Waals surface area contributed by atoms with Gasteiger partial charge in [0, 0.05) is 6.42 Å². The van der Waals surface area contributed by atoms with Crippen LogP contribution in [0.15, 0.2) is 48.5 Å². The standard InChI is InChI=1S/C8H12N.C8H8N.Fe/c1-9(2)7-8-5-3-4-6-8;9-7-3-6-8-4-1-2-5-8;/h3-6H,7H2,1-2H3;1-2,4-5H,3,6H2;/q2*-1;+2. The van der Waals surface area contributed by atoms with Crippen molar-refractivity contribution in [2.75, 3.05) is 14.1 Å². The van der Waals surface area contributed by atoms with E-state index >= 15 is 0 Å². The van der Waals surface area contributed by atoms with E-state index in [2.05, 4.69) is 49.3 Å². The Bertz CT molecular complexity index is 436. The molecule has 0 aliphatic rings. The minimum Gasteiger partial charge on any atom is -0.317 e. The van der Waals surface area contributed by atoms with Crippen molar-refractivity contribution in [1.82, 2.24) is 4.90 Å². The third kappa shape index (κ3) is 8.40. The maximum atomic E-state index is 8.22. The number of nitriles is 1. The molecule has 0 spiro atoms. The van der Waals surface area contributed by atoms with Crippen LogP contribution in [0.2, 0.25) is 0 Å². The summed E-state index contributed by atoms with van der Waals surface area (Å²) in [6, 6.07) is 18.6. The topological polar surface area (TPSA) is 27.0 Å². The van der Waals surface area contributed by atoms with Crippen LogP contribution < -0.4 is 0 Å². The van der Waals surface area contributed by atoms with E-state index in [4.69, 9.17) is 5.26 Å². The van der Waals surface area contributed by atoms with Gasteiger partial charge < -0.3 is 4.90 Å². The van der Waals surface area contributed by atoms with Crippen molar-refractivity contribution in [3.63, 3.8) is 0 Å². The van der Waals surface area contributed by atoms with E-state index in [0.29, 0.717) is 6.42 Å². The molecule has 2 nitrogen and oxygen atoms in total. The van der Waals surface area contributed by atoms with Crippen LogP contribution in [-0.2, 0) is 30.0 Å². The molecule has 0 saturated carbocycles. The van der Waals surface area contributed by atoms with Crippen molar-refractivity contribution in [3.8, 4) is 6.07 Å². The summed E-state index contributed by atoms with van der Waals surface area (Å²) in [7, 11) is 4.15. The van der Waals surface area contributed by atoms with Gasteiger partial charge in [-0.3, -0.25) is 0 Å². The molecule has 2 aromatic carbocycles. The Hall–Kier alpha value is -1.33. The van der Waals surface area contributed by atoms with E-state index in [0.717, 1.165) is 13.0 Å². The summed E-state index contributed by atoms with van der Waals surface area (Å²) in [5.41, 5.74) is 2.65. The summed E-state index contributed by atoms with van der Waals surface area (Å²) >= 11 is 0. The van der Waals surface area contributed by atoms with Crippen molar-refractivity contribution in [1.29, 1.82) is 5.26 Å². The molecule has 0 atom stereocenters. The van der Waals surface area contributed by atoms with Crippen molar-refractivity contribution in [2.45, 2.75) is 19.4 Å². The number of hydrogen-bond donors (Lipinski definition) is 0. The van der Waals surface area contributed by atoms with Crippen LogP contribution >= 0.6 is 0 Å². The Balaban J connectivity index is 0.000000324. The molecule has 3 heteroatoms. The maximum Gasteiger partial charge on any atom is 2.00 e. The van der Waals surface area contributed by atoms with Crippen molar-refractivity contribution in [3.05, 3.63) is 59.7 Å². The molecule has 0 aromatic heterocycles. The maximum absolute atomic E-state index is 8.22. The number of aryl methyl sites for hydroxylation is 1. The van der Waals surface area contributed by atoms with Gasteiger partial charge in [-0.25, -0.2) is 18.2 Å². The van der Waals surface area contributed by atoms with Crippen LogP contribution in [0.5, 0.6) is 0 Å². The van der Waals surface area contributed by atoms with Gasteiger partial charge in [0.2, 0.25) is 0 Å². The predicted molar refractivity (Wildman–Crippen MR) is 75.4 cm³/mol. The molecular formula is C16H20FeN2. The van der Waals surface area contributed by atoms with E-state index in [1.54, 1.807) is 0 Å². The Morgan fingerprint density at radius 2 is 2.05 bits per heavy atom. The zero-order valence-corrected chi connectivity index (χ0v) is 12.6. The van der Waals surface area contributed by atoms with Crippen molar-refractivity contribution >= 4 is 0 Å². The molecule has 0 fully saturated rings. The van der Waals surface area contributed by atoms with Gasteiger partial charge in [-0.15, -0.1) is 0 Å². The van der Waals surface area contributed by atoms with Crippen molar-refractivity contribution < 1.29 is 17.1 Å². The van der Waals surface area contributed by atoms with E-state index in [9.17, 15) is 0 Å². The fraction of sp³-hybridized carbons (Fsp3) is 0.312. The first-order chi connectivity index (χ1) is 8.72. The largest absolute Gasteiger partial charge is 2.00 e. The summed E-state index contributed by atoms with van der Waals surface area (Å²) in [4.78, 5) is 2.16. The van der Waals surface area contributed by atoms with Crippen LogP contribution in [0.25, 0.3) is 0 Å². The van der Waals surface area contributed by atoms with E-state index in [1.807, 2.05) is 24.3 Å². The minimum atomic E-state index is 0. The van der Waals surface area contributed by atoms with Crippen LogP contribution in [0, 0.1) is 11.3 Å². The summed E-state index contributed by atoms with van der Waals surface area (Å²) in [6.07, 6.45) is 1.52. The first-order valence-corrected chi connectivity index (χ1v) is 6.15. The average molecular weight is 296 g/mol. The van der Waals surface area contributed by atoms with E-state index < -0.39 is 0 Å². The van der Waals surface area contributed by atoms with Gasteiger partial charge in [0.25, 0.3) is 0 Å². The summed E-state index contributed by atoms with van der Waals surface area (Å²) in [6.45, 7) is 1.05. The van der Waals surface area contributed by atoms with Gasteiger partial charge in [0.1, 0.15) is 0 Å². The number of rotatable bonds is 4. The van der Waals surface area contributed by atoms with Gasteiger partial charge in [0.15, 0.2) is 0 Å². The average Bonchev–Trinajstić information content (AvgIpc) is 2.98. The molecule has 102 valence electrons. The monoisotopic (exact) mass is 296 g/mol. The predicted octanol–water partition coefficient (Wildman–Crippen LogP) is 3.33. The van der Waals surface area contributed by atoms with Gasteiger partial charge in [-0.05, 0) is 27.1 Å². The molecule has 0 aliphatic carbocycles. The fourth-order valence-corrected chi connectivity index (χ4v) is 1.67. The molecule has 0 heterocycles. The number of nitrogens with zero attached hydrogens (tertiary/aromatic N) is 2. The quantitative estimate of drug-likeness (QED) is 0.639. The fourth-order valence-electron chi connectivity index (χ4n) is 1.67. The molecule has 2 aromatic rings. The van der Waals surface area contributed by atoms with E-state index in [1.165, 1.54) is 11.1 Å². The first kappa shape index (κ1) is 17.7. The molecule has 0 N–H and O–H groups in total. The third-order valence-corrected chi connectivity index (χ3v) is 2.49. The normalized spacial score (nSPS) is 9.16.